The summed E-state index contributed by atoms with van der Waals surface area (Å²) < 4.78 is 27.8. The first-order chi connectivity index (χ1) is 14.4. The third-order valence-electron chi connectivity index (χ3n) is 5.44. The van der Waals surface area contributed by atoms with Gasteiger partial charge in [-0.25, -0.2) is 8.42 Å². The molecule has 1 atom stereocenters. The fourth-order valence-corrected chi connectivity index (χ4v) is 5.67. The van der Waals surface area contributed by atoms with Crippen LogP contribution >= 0.6 is 0 Å². The Morgan fingerprint density at radius 3 is 2.47 bits per heavy atom. The van der Waals surface area contributed by atoms with Crippen molar-refractivity contribution in [3.63, 3.8) is 0 Å². The second-order valence-electron chi connectivity index (χ2n) is 7.48. The van der Waals surface area contributed by atoms with E-state index in [9.17, 15) is 13.2 Å². The summed E-state index contributed by atoms with van der Waals surface area (Å²) in [6, 6.07) is 21.2. The Balaban J connectivity index is 1.64. The third kappa shape index (κ3) is 3.59. The van der Waals surface area contributed by atoms with Crippen molar-refractivity contribution in [1.29, 1.82) is 0 Å². The molecule has 1 aliphatic rings. The number of aryl methyl sites for hydroxylation is 1. The predicted octanol–water partition coefficient (Wildman–Crippen LogP) is 4.64. The first kappa shape index (κ1) is 20.2. The molecule has 0 fully saturated rings. The third-order valence-corrected chi connectivity index (χ3v) is 7.38. The molecule has 0 unspecified atom stereocenters. The lowest BCUT2D eigenvalue weighted by Gasteiger charge is -2.24. The highest BCUT2D eigenvalue weighted by Crippen LogP contribution is 2.37. The molecular formula is C24H24N2O3S. The summed E-state index contributed by atoms with van der Waals surface area (Å²) in [4.78, 5) is 13.1. The Morgan fingerprint density at radius 1 is 1.03 bits per heavy atom. The number of carbonyl (C=O) groups is 1. The zero-order valence-corrected chi connectivity index (χ0v) is 17.8. The molecule has 30 heavy (non-hydrogen) atoms. The standard InChI is InChI=1S/C24H24N2O3S/c1-3-18-9-7-8-12-22(18)25-24(27)19-13-14-23-20(16-19)15-17(2)26(23)30(28,29)21-10-5-4-6-11-21/h4-14,16-17H,3,15H2,1-2H3,(H,25,27)/t17-/m0/s1. The summed E-state index contributed by atoms with van der Waals surface area (Å²) in [6.45, 7) is 3.93. The summed E-state index contributed by atoms with van der Waals surface area (Å²) >= 11 is 0. The molecule has 1 N–H and O–H groups in total. The molecule has 0 saturated carbocycles. The monoisotopic (exact) mass is 420 g/mol. The number of para-hydroxylation sites is 1. The number of rotatable bonds is 5. The molecule has 0 radical (unpaired) electrons. The van der Waals surface area contributed by atoms with Crippen molar-refractivity contribution in [2.45, 2.75) is 37.6 Å². The van der Waals surface area contributed by atoms with Gasteiger partial charge in [-0.1, -0.05) is 43.3 Å². The first-order valence-electron chi connectivity index (χ1n) is 10.0. The van der Waals surface area contributed by atoms with Gasteiger partial charge in [-0.15, -0.1) is 0 Å². The SMILES string of the molecule is CCc1ccccc1NC(=O)c1ccc2c(c1)C[C@H](C)N2S(=O)(=O)c1ccccc1. The van der Waals surface area contributed by atoms with Crippen molar-refractivity contribution in [3.05, 3.63) is 89.5 Å². The van der Waals surface area contributed by atoms with Gasteiger partial charge < -0.3 is 5.32 Å². The summed E-state index contributed by atoms with van der Waals surface area (Å²) in [6.07, 6.45) is 1.39. The molecule has 3 aromatic carbocycles. The minimum absolute atomic E-state index is 0.198. The number of benzene rings is 3. The number of hydrogen-bond donors (Lipinski definition) is 1. The van der Waals surface area contributed by atoms with Crippen LogP contribution in [0.5, 0.6) is 0 Å². The van der Waals surface area contributed by atoms with Crippen LogP contribution in [0.1, 0.15) is 35.3 Å². The second-order valence-corrected chi connectivity index (χ2v) is 9.29. The van der Waals surface area contributed by atoms with Crippen molar-refractivity contribution in [3.8, 4) is 0 Å². The molecule has 0 bridgehead atoms. The molecule has 1 heterocycles. The zero-order chi connectivity index (χ0) is 21.3. The average molecular weight is 421 g/mol. The van der Waals surface area contributed by atoms with E-state index in [1.165, 1.54) is 4.31 Å². The number of anilines is 2. The minimum atomic E-state index is -3.66. The molecule has 0 aliphatic carbocycles. The van der Waals surface area contributed by atoms with Gasteiger partial charge in [0.1, 0.15) is 0 Å². The van der Waals surface area contributed by atoms with Crippen LogP contribution in [0.4, 0.5) is 11.4 Å². The van der Waals surface area contributed by atoms with Gasteiger partial charge in [0.15, 0.2) is 0 Å². The largest absolute Gasteiger partial charge is 0.322 e. The van der Waals surface area contributed by atoms with Crippen LogP contribution in [0.15, 0.2) is 77.7 Å². The molecule has 1 amide bonds. The Hall–Kier alpha value is -3.12. The van der Waals surface area contributed by atoms with Gasteiger partial charge in [-0.2, -0.15) is 0 Å². The highest BCUT2D eigenvalue weighted by molar-refractivity contribution is 7.92. The smallest absolute Gasteiger partial charge is 0.264 e. The number of fused-ring (bicyclic) bond motifs is 1. The molecule has 1 aliphatic heterocycles. The quantitative estimate of drug-likeness (QED) is 0.654. The highest BCUT2D eigenvalue weighted by atomic mass is 32.2. The number of amides is 1. The molecule has 3 aromatic rings. The molecule has 5 nitrogen and oxygen atoms in total. The van der Waals surface area contributed by atoms with Crippen molar-refractivity contribution < 1.29 is 13.2 Å². The number of carbonyl (C=O) groups excluding carboxylic acids is 1. The zero-order valence-electron chi connectivity index (χ0n) is 17.0. The van der Waals surface area contributed by atoms with Crippen molar-refractivity contribution in [1.82, 2.24) is 0 Å². The van der Waals surface area contributed by atoms with E-state index in [0.717, 1.165) is 23.2 Å². The van der Waals surface area contributed by atoms with Gasteiger partial charge in [-0.05, 0) is 67.3 Å². The van der Waals surface area contributed by atoms with E-state index in [1.54, 1.807) is 48.5 Å². The Bertz CT molecular complexity index is 1190. The van der Waals surface area contributed by atoms with E-state index >= 15 is 0 Å². The second kappa shape index (κ2) is 7.95. The molecule has 0 aromatic heterocycles. The van der Waals surface area contributed by atoms with Crippen molar-refractivity contribution >= 4 is 27.3 Å². The molecule has 4 rings (SSSR count). The predicted molar refractivity (Wildman–Crippen MR) is 119 cm³/mol. The van der Waals surface area contributed by atoms with Crippen LogP contribution in [0, 0.1) is 0 Å². The number of nitrogens with one attached hydrogen (secondary N) is 1. The molecular weight excluding hydrogens is 396 g/mol. The summed E-state index contributed by atoms with van der Waals surface area (Å²) in [5.74, 6) is -0.198. The van der Waals surface area contributed by atoms with Gasteiger partial charge >= 0.3 is 0 Å². The lowest BCUT2D eigenvalue weighted by atomic mass is 10.1. The first-order valence-corrected chi connectivity index (χ1v) is 11.5. The van der Waals surface area contributed by atoms with Crippen LogP contribution < -0.4 is 9.62 Å². The van der Waals surface area contributed by atoms with E-state index in [0.29, 0.717) is 17.7 Å². The van der Waals surface area contributed by atoms with E-state index in [-0.39, 0.29) is 16.8 Å². The van der Waals surface area contributed by atoms with E-state index < -0.39 is 10.0 Å². The van der Waals surface area contributed by atoms with E-state index in [1.807, 2.05) is 38.1 Å². The van der Waals surface area contributed by atoms with Crippen LogP contribution in [-0.4, -0.2) is 20.4 Å². The maximum Gasteiger partial charge on any atom is 0.264 e. The van der Waals surface area contributed by atoms with Crippen LogP contribution in [0.2, 0.25) is 0 Å². The Labute approximate surface area is 177 Å². The maximum absolute atomic E-state index is 13.2. The van der Waals surface area contributed by atoms with Crippen LogP contribution in [0.3, 0.4) is 0 Å². The Kier molecular flexibility index (Phi) is 5.35. The topological polar surface area (TPSA) is 66.5 Å². The highest BCUT2D eigenvalue weighted by Gasteiger charge is 2.36. The average Bonchev–Trinajstić information content (AvgIpc) is 3.10. The normalized spacial score (nSPS) is 15.7. The lowest BCUT2D eigenvalue weighted by Crippen LogP contribution is -2.35. The van der Waals surface area contributed by atoms with Gasteiger partial charge in [-0.3, -0.25) is 9.10 Å². The molecule has 0 spiro atoms. The minimum Gasteiger partial charge on any atom is -0.322 e. The molecule has 0 saturated heterocycles. The van der Waals surface area contributed by atoms with Gasteiger partial charge in [0.05, 0.1) is 10.6 Å². The van der Waals surface area contributed by atoms with Gasteiger partial charge in [0.25, 0.3) is 15.9 Å². The van der Waals surface area contributed by atoms with Crippen molar-refractivity contribution in [2.75, 3.05) is 9.62 Å². The fourth-order valence-electron chi connectivity index (χ4n) is 3.96. The van der Waals surface area contributed by atoms with E-state index in [4.69, 9.17) is 0 Å². The summed E-state index contributed by atoms with van der Waals surface area (Å²) in [5, 5.41) is 2.98. The summed E-state index contributed by atoms with van der Waals surface area (Å²) in [5.41, 5.74) is 3.88. The number of hydrogen-bond acceptors (Lipinski definition) is 3. The number of nitrogens with zero attached hydrogens (tertiary/aromatic N) is 1. The van der Waals surface area contributed by atoms with Crippen molar-refractivity contribution in [2.24, 2.45) is 0 Å². The van der Waals surface area contributed by atoms with E-state index in [2.05, 4.69) is 5.32 Å². The maximum atomic E-state index is 13.2. The lowest BCUT2D eigenvalue weighted by molar-refractivity contribution is 0.102. The Morgan fingerprint density at radius 2 is 1.73 bits per heavy atom. The molecule has 154 valence electrons. The summed E-state index contributed by atoms with van der Waals surface area (Å²) in [7, 11) is -3.66. The van der Waals surface area contributed by atoms with Gasteiger partial charge in [0.2, 0.25) is 0 Å². The number of sulfonamides is 1. The molecule has 6 heteroatoms. The van der Waals surface area contributed by atoms with Crippen LogP contribution in [0.25, 0.3) is 0 Å². The fraction of sp³-hybridized carbons (Fsp3) is 0.208. The van der Waals surface area contributed by atoms with Crippen LogP contribution in [-0.2, 0) is 22.9 Å². The van der Waals surface area contributed by atoms with Gasteiger partial charge in [0, 0.05) is 17.3 Å².